The molecule has 1 aromatic heterocycles. The van der Waals surface area contributed by atoms with Crippen LogP contribution in [0.4, 0.5) is 13.2 Å². The minimum absolute atomic E-state index is 0.0203. The molecular formula is C19H23F3N2O2. The number of hydrogen-bond acceptors (Lipinski definition) is 4. The lowest BCUT2D eigenvalue weighted by atomic mass is 9.98. The number of aromatic nitrogens is 1. The number of benzene rings is 1. The average Bonchev–Trinajstić information content (AvgIpc) is 2.59. The van der Waals surface area contributed by atoms with Gasteiger partial charge in [-0.3, -0.25) is 0 Å². The molecule has 0 aliphatic rings. The summed E-state index contributed by atoms with van der Waals surface area (Å²) in [6, 6.07) is 12.8. The van der Waals surface area contributed by atoms with E-state index in [2.05, 4.69) is 10.3 Å². The van der Waals surface area contributed by atoms with Crippen molar-refractivity contribution in [2.24, 2.45) is 0 Å². The van der Waals surface area contributed by atoms with E-state index in [1.54, 1.807) is 0 Å². The zero-order valence-corrected chi connectivity index (χ0v) is 15.0. The van der Waals surface area contributed by atoms with Crippen LogP contribution < -0.4 is 10.1 Å². The van der Waals surface area contributed by atoms with Gasteiger partial charge in [-0.15, -0.1) is 0 Å². The van der Waals surface area contributed by atoms with Crippen molar-refractivity contribution in [3.8, 4) is 5.75 Å². The maximum Gasteiger partial charge on any atom is 0.433 e. The van der Waals surface area contributed by atoms with Crippen molar-refractivity contribution in [3.05, 3.63) is 59.9 Å². The molecule has 26 heavy (non-hydrogen) atoms. The zero-order chi connectivity index (χ0) is 19.4. The highest BCUT2D eigenvalue weighted by Crippen LogP contribution is 2.29. The molecule has 0 radical (unpaired) electrons. The highest BCUT2D eigenvalue weighted by molar-refractivity contribution is 5.21. The molecule has 0 aliphatic carbocycles. The first kappa shape index (κ1) is 20.2. The lowest BCUT2D eigenvalue weighted by Gasteiger charge is -2.31. The molecule has 0 bridgehead atoms. The quantitative estimate of drug-likeness (QED) is 0.781. The molecule has 142 valence electrons. The summed E-state index contributed by atoms with van der Waals surface area (Å²) in [6.45, 7) is 5.53. The Bertz CT molecular complexity index is 716. The number of pyridine rings is 1. The van der Waals surface area contributed by atoms with Gasteiger partial charge in [0.15, 0.2) is 0 Å². The van der Waals surface area contributed by atoms with Gasteiger partial charge in [-0.25, -0.2) is 4.98 Å². The smallest absolute Gasteiger partial charge is 0.433 e. The lowest BCUT2D eigenvalue weighted by Crippen LogP contribution is -2.50. The molecule has 0 aliphatic heterocycles. The molecule has 7 heteroatoms. The Hall–Kier alpha value is -2.12. The number of rotatable bonds is 7. The molecule has 1 heterocycles. The highest BCUT2D eigenvalue weighted by atomic mass is 19.4. The van der Waals surface area contributed by atoms with Gasteiger partial charge in [0.05, 0.1) is 5.69 Å². The van der Waals surface area contributed by atoms with Gasteiger partial charge in [0.25, 0.3) is 0 Å². The fourth-order valence-corrected chi connectivity index (χ4v) is 2.23. The van der Waals surface area contributed by atoms with Crippen molar-refractivity contribution < 1.29 is 23.0 Å². The van der Waals surface area contributed by atoms with Crippen LogP contribution in [-0.4, -0.2) is 28.8 Å². The number of para-hydroxylation sites is 1. The molecule has 0 amide bonds. The molecule has 0 spiro atoms. The minimum Gasteiger partial charge on any atom is -0.492 e. The van der Waals surface area contributed by atoms with Crippen LogP contribution in [0.1, 0.15) is 32.2 Å². The number of ether oxygens (including phenoxy) is 1. The monoisotopic (exact) mass is 368 g/mol. The van der Waals surface area contributed by atoms with E-state index in [-0.39, 0.29) is 12.2 Å². The second-order valence-corrected chi connectivity index (χ2v) is 7.02. The standard InChI is InChI=1S/C19H23F3N2O2/c1-17(2,13-26-14-8-5-4-6-9-14)23-12-18(3,25)15-10-7-11-16(24-15)19(20,21)22/h4-11,23,25H,12-13H2,1-3H3/t18-/m1/s1. The predicted octanol–water partition coefficient (Wildman–Crippen LogP) is 3.76. The van der Waals surface area contributed by atoms with E-state index in [0.29, 0.717) is 12.4 Å². The molecule has 2 aromatic rings. The van der Waals surface area contributed by atoms with Crippen LogP contribution in [0.15, 0.2) is 48.5 Å². The van der Waals surface area contributed by atoms with Crippen molar-refractivity contribution in [1.82, 2.24) is 10.3 Å². The summed E-state index contributed by atoms with van der Waals surface area (Å²) >= 11 is 0. The number of β-amino-alcohol motifs (C(OH)–C–C–N with tert-alkyl or cyclic N) is 1. The van der Waals surface area contributed by atoms with Crippen molar-refractivity contribution in [2.75, 3.05) is 13.2 Å². The van der Waals surface area contributed by atoms with Gasteiger partial charge in [-0.2, -0.15) is 13.2 Å². The van der Waals surface area contributed by atoms with E-state index in [0.717, 1.165) is 6.07 Å². The Morgan fingerprint density at radius 3 is 2.19 bits per heavy atom. The highest BCUT2D eigenvalue weighted by Gasteiger charge is 2.35. The molecule has 0 fully saturated rings. The third kappa shape index (κ3) is 5.71. The van der Waals surface area contributed by atoms with Gasteiger partial charge in [0, 0.05) is 12.1 Å². The van der Waals surface area contributed by atoms with Gasteiger partial charge < -0.3 is 15.2 Å². The third-order valence-electron chi connectivity index (χ3n) is 3.85. The number of aliphatic hydroxyl groups is 1. The van der Waals surface area contributed by atoms with Crippen molar-refractivity contribution in [1.29, 1.82) is 0 Å². The van der Waals surface area contributed by atoms with Crippen LogP contribution in [0, 0.1) is 0 Å². The Labute approximate surface area is 151 Å². The van der Waals surface area contributed by atoms with Gasteiger partial charge in [-0.05, 0) is 45.0 Å². The average molecular weight is 368 g/mol. The summed E-state index contributed by atoms with van der Waals surface area (Å²) in [6.07, 6.45) is -4.55. The van der Waals surface area contributed by atoms with E-state index in [1.165, 1.54) is 19.1 Å². The molecule has 1 atom stereocenters. The Morgan fingerprint density at radius 1 is 0.962 bits per heavy atom. The maximum atomic E-state index is 12.8. The summed E-state index contributed by atoms with van der Waals surface area (Å²) in [5.41, 5.74) is -3.14. The molecule has 0 unspecified atom stereocenters. The second kappa shape index (κ2) is 7.63. The molecule has 1 aromatic carbocycles. The number of halogens is 3. The predicted molar refractivity (Wildman–Crippen MR) is 92.8 cm³/mol. The van der Waals surface area contributed by atoms with Crippen LogP contribution >= 0.6 is 0 Å². The van der Waals surface area contributed by atoms with Gasteiger partial charge in [0.2, 0.25) is 0 Å². The fourth-order valence-electron chi connectivity index (χ4n) is 2.23. The van der Waals surface area contributed by atoms with Crippen molar-refractivity contribution in [2.45, 2.75) is 38.1 Å². The van der Waals surface area contributed by atoms with Gasteiger partial charge in [-0.1, -0.05) is 24.3 Å². The number of hydrogen-bond donors (Lipinski definition) is 2. The summed E-state index contributed by atoms with van der Waals surface area (Å²) in [5.74, 6) is 0.716. The van der Waals surface area contributed by atoms with Crippen LogP contribution in [0.25, 0.3) is 0 Å². The van der Waals surface area contributed by atoms with Crippen molar-refractivity contribution >= 4 is 0 Å². The Balaban J connectivity index is 2.00. The van der Waals surface area contributed by atoms with E-state index >= 15 is 0 Å². The normalized spacial score (nSPS) is 14.7. The van der Waals surface area contributed by atoms with Crippen LogP contribution in [0.3, 0.4) is 0 Å². The second-order valence-electron chi connectivity index (χ2n) is 7.02. The van der Waals surface area contributed by atoms with Crippen LogP contribution in [-0.2, 0) is 11.8 Å². The van der Waals surface area contributed by atoms with Crippen LogP contribution in [0.5, 0.6) is 5.75 Å². The van der Waals surface area contributed by atoms with Gasteiger partial charge in [0.1, 0.15) is 23.7 Å². The summed E-state index contributed by atoms with van der Waals surface area (Å²) < 4.78 is 44.1. The molecule has 2 rings (SSSR count). The van der Waals surface area contributed by atoms with Gasteiger partial charge >= 0.3 is 6.18 Å². The molecule has 4 nitrogen and oxygen atoms in total. The first-order chi connectivity index (χ1) is 12.0. The lowest BCUT2D eigenvalue weighted by molar-refractivity contribution is -0.141. The van der Waals surface area contributed by atoms with E-state index in [9.17, 15) is 18.3 Å². The first-order valence-electron chi connectivity index (χ1n) is 8.20. The Kier molecular flexibility index (Phi) is 5.93. The molecule has 0 saturated heterocycles. The number of nitrogens with zero attached hydrogens (tertiary/aromatic N) is 1. The molecule has 0 saturated carbocycles. The first-order valence-corrected chi connectivity index (χ1v) is 8.20. The minimum atomic E-state index is -4.55. The summed E-state index contributed by atoms with van der Waals surface area (Å²) in [4.78, 5) is 3.56. The topological polar surface area (TPSA) is 54.4 Å². The fraction of sp³-hybridized carbons (Fsp3) is 0.421. The number of nitrogens with one attached hydrogen (secondary N) is 1. The summed E-state index contributed by atoms with van der Waals surface area (Å²) in [7, 11) is 0. The van der Waals surface area contributed by atoms with Crippen molar-refractivity contribution in [3.63, 3.8) is 0 Å². The Morgan fingerprint density at radius 2 is 1.58 bits per heavy atom. The summed E-state index contributed by atoms with van der Waals surface area (Å²) in [5, 5.41) is 13.7. The van der Waals surface area contributed by atoms with E-state index in [1.807, 2.05) is 44.2 Å². The van der Waals surface area contributed by atoms with E-state index in [4.69, 9.17) is 4.74 Å². The molecular weight excluding hydrogens is 345 g/mol. The van der Waals surface area contributed by atoms with E-state index < -0.39 is 23.0 Å². The molecule has 2 N–H and O–H groups in total. The third-order valence-corrected chi connectivity index (χ3v) is 3.85. The van der Waals surface area contributed by atoms with Crippen LogP contribution in [0.2, 0.25) is 0 Å². The number of alkyl halides is 3. The zero-order valence-electron chi connectivity index (χ0n) is 15.0. The largest absolute Gasteiger partial charge is 0.492 e. The SMILES string of the molecule is CC(C)(COc1ccccc1)NC[C@@](C)(O)c1cccc(C(F)(F)F)n1. The maximum absolute atomic E-state index is 12.8.